The summed E-state index contributed by atoms with van der Waals surface area (Å²) in [5.41, 5.74) is 2.44. The smallest absolute Gasteiger partial charge is 0.338 e. The molecule has 8 nitrogen and oxygen atoms in total. The number of aromatic nitrogens is 1. The lowest BCUT2D eigenvalue weighted by atomic mass is 9.95. The summed E-state index contributed by atoms with van der Waals surface area (Å²) >= 11 is 13.9. The van der Waals surface area contributed by atoms with Crippen molar-refractivity contribution in [3.63, 3.8) is 0 Å². The Morgan fingerprint density at radius 2 is 1.77 bits per heavy atom. The van der Waals surface area contributed by atoms with E-state index in [1.54, 1.807) is 62.4 Å². The Kier molecular flexibility index (Phi) is 9.25. The van der Waals surface area contributed by atoms with Gasteiger partial charge in [0.15, 0.2) is 16.3 Å². The molecule has 4 aromatic rings. The van der Waals surface area contributed by atoms with Gasteiger partial charge in [-0.25, -0.2) is 9.79 Å². The number of nitrogens with zero attached hydrogens (tertiary/aromatic N) is 2. The van der Waals surface area contributed by atoms with Crippen LogP contribution in [0.3, 0.4) is 0 Å². The highest BCUT2D eigenvalue weighted by molar-refractivity contribution is 7.07. The van der Waals surface area contributed by atoms with Crippen molar-refractivity contribution in [1.82, 2.24) is 4.57 Å². The van der Waals surface area contributed by atoms with Gasteiger partial charge in [0, 0.05) is 21.2 Å². The summed E-state index contributed by atoms with van der Waals surface area (Å²) in [6, 6.07) is 17.1. The largest absolute Gasteiger partial charge is 0.493 e. The molecule has 43 heavy (non-hydrogen) atoms. The zero-order valence-corrected chi connectivity index (χ0v) is 26.2. The predicted octanol–water partition coefficient (Wildman–Crippen LogP) is 5.70. The highest BCUT2D eigenvalue weighted by atomic mass is 35.5. The molecule has 0 saturated heterocycles. The number of methoxy groups -OCH3 is 2. The van der Waals surface area contributed by atoms with Crippen molar-refractivity contribution in [1.29, 1.82) is 0 Å². The average molecular weight is 640 g/mol. The predicted molar refractivity (Wildman–Crippen MR) is 167 cm³/mol. The van der Waals surface area contributed by atoms with Crippen molar-refractivity contribution < 1.29 is 23.7 Å². The summed E-state index contributed by atoms with van der Waals surface area (Å²) in [6.45, 7) is 3.86. The van der Waals surface area contributed by atoms with Crippen LogP contribution >= 0.6 is 34.5 Å². The van der Waals surface area contributed by atoms with Gasteiger partial charge < -0.3 is 18.9 Å². The van der Waals surface area contributed by atoms with E-state index in [2.05, 4.69) is 4.99 Å². The van der Waals surface area contributed by atoms with Gasteiger partial charge in [0.1, 0.15) is 12.4 Å². The van der Waals surface area contributed by atoms with Crippen LogP contribution in [0.25, 0.3) is 6.08 Å². The Balaban J connectivity index is 1.65. The minimum atomic E-state index is -0.812. The third-order valence-electron chi connectivity index (χ3n) is 6.84. The van der Waals surface area contributed by atoms with Crippen LogP contribution in [0.15, 0.2) is 81.7 Å². The number of esters is 1. The van der Waals surface area contributed by atoms with E-state index in [4.69, 9.17) is 42.1 Å². The zero-order valence-electron chi connectivity index (χ0n) is 23.9. The topological polar surface area (TPSA) is 88.4 Å². The summed E-state index contributed by atoms with van der Waals surface area (Å²) in [4.78, 5) is 32.4. The molecule has 0 fully saturated rings. The maximum Gasteiger partial charge on any atom is 0.338 e. The maximum atomic E-state index is 14.1. The lowest BCUT2D eigenvalue weighted by Gasteiger charge is -2.25. The molecule has 1 aliphatic heterocycles. The van der Waals surface area contributed by atoms with Crippen LogP contribution in [0.5, 0.6) is 17.2 Å². The van der Waals surface area contributed by atoms with E-state index in [0.717, 1.165) is 5.56 Å². The molecular formula is C32H28Cl2N2O6S. The molecule has 0 bridgehead atoms. The third-order valence-corrected chi connectivity index (χ3v) is 8.43. The van der Waals surface area contributed by atoms with Gasteiger partial charge in [0.05, 0.1) is 42.7 Å². The van der Waals surface area contributed by atoms with E-state index in [-0.39, 0.29) is 24.3 Å². The minimum absolute atomic E-state index is 0.171. The first kappa shape index (κ1) is 30.4. The maximum absolute atomic E-state index is 14.1. The number of hydrogen-bond donors (Lipinski definition) is 0. The lowest BCUT2D eigenvalue weighted by molar-refractivity contribution is -0.139. The average Bonchev–Trinajstić information content (AvgIpc) is 3.30. The second-order valence-corrected chi connectivity index (χ2v) is 11.3. The molecule has 1 aliphatic rings. The van der Waals surface area contributed by atoms with Gasteiger partial charge in [0.25, 0.3) is 5.56 Å². The van der Waals surface area contributed by atoms with Crippen LogP contribution in [0.1, 0.15) is 36.6 Å². The quantitative estimate of drug-likeness (QED) is 0.219. The number of halogens is 2. The molecule has 11 heteroatoms. The van der Waals surface area contributed by atoms with Crippen molar-refractivity contribution >= 4 is 46.6 Å². The number of ether oxygens (including phenoxy) is 4. The molecule has 0 spiro atoms. The number of benzene rings is 3. The van der Waals surface area contributed by atoms with E-state index in [0.29, 0.717) is 53.5 Å². The lowest BCUT2D eigenvalue weighted by Crippen LogP contribution is -2.40. The van der Waals surface area contributed by atoms with Crippen LogP contribution in [-0.4, -0.2) is 31.4 Å². The second kappa shape index (κ2) is 13.1. The first-order valence-corrected chi connectivity index (χ1v) is 14.9. The second-order valence-electron chi connectivity index (χ2n) is 9.48. The highest BCUT2D eigenvalue weighted by Gasteiger charge is 2.34. The van der Waals surface area contributed by atoms with Crippen LogP contribution in [0, 0.1) is 0 Å². The molecule has 1 aromatic heterocycles. The Morgan fingerprint density at radius 1 is 1.02 bits per heavy atom. The number of rotatable bonds is 9. The van der Waals surface area contributed by atoms with Crippen molar-refractivity contribution in [2.24, 2.45) is 4.99 Å². The van der Waals surface area contributed by atoms with Crippen molar-refractivity contribution in [3.8, 4) is 17.2 Å². The van der Waals surface area contributed by atoms with Crippen molar-refractivity contribution in [2.75, 3.05) is 20.8 Å². The molecule has 0 amide bonds. The Hall–Kier alpha value is -4.05. The first-order valence-electron chi connectivity index (χ1n) is 13.3. The molecule has 0 aliphatic carbocycles. The van der Waals surface area contributed by atoms with Gasteiger partial charge in [-0.05, 0) is 61.9 Å². The minimum Gasteiger partial charge on any atom is -0.493 e. The Morgan fingerprint density at radius 3 is 2.49 bits per heavy atom. The summed E-state index contributed by atoms with van der Waals surface area (Å²) in [5, 5.41) is 1.07. The number of fused-ring (bicyclic) bond motifs is 1. The van der Waals surface area contributed by atoms with Gasteiger partial charge in [-0.1, -0.05) is 58.8 Å². The van der Waals surface area contributed by atoms with Crippen LogP contribution in [-0.2, 0) is 16.1 Å². The Bertz CT molecular complexity index is 1910. The normalized spacial score (nSPS) is 14.7. The van der Waals surface area contributed by atoms with Crippen LogP contribution in [0.2, 0.25) is 10.0 Å². The number of carbonyl (C=O) groups excluding carboxylic acids is 1. The third kappa shape index (κ3) is 6.20. The molecule has 0 N–H and O–H groups in total. The fourth-order valence-electron chi connectivity index (χ4n) is 4.81. The van der Waals surface area contributed by atoms with E-state index in [1.165, 1.54) is 30.1 Å². The van der Waals surface area contributed by atoms with Gasteiger partial charge in [-0.15, -0.1) is 0 Å². The highest BCUT2D eigenvalue weighted by Crippen LogP contribution is 2.36. The number of carbonyl (C=O) groups is 1. The molecule has 2 heterocycles. The monoisotopic (exact) mass is 638 g/mol. The van der Waals surface area contributed by atoms with E-state index in [1.807, 2.05) is 18.2 Å². The first-order chi connectivity index (χ1) is 20.7. The number of allylic oxidation sites excluding steroid dienone is 1. The van der Waals surface area contributed by atoms with E-state index >= 15 is 0 Å². The van der Waals surface area contributed by atoms with Crippen molar-refractivity contribution in [3.05, 3.63) is 118 Å². The molecular weight excluding hydrogens is 611 g/mol. The van der Waals surface area contributed by atoms with Crippen LogP contribution in [0.4, 0.5) is 0 Å². The molecule has 3 aromatic carbocycles. The van der Waals surface area contributed by atoms with Gasteiger partial charge in [0.2, 0.25) is 0 Å². The van der Waals surface area contributed by atoms with Gasteiger partial charge >= 0.3 is 5.97 Å². The molecule has 222 valence electrons. The summed E-state index contributed by atoms with van der Waals surface area (Å²) < 4.78 is 24.3. The molecule has 0 saturated carbocycles. The zero-order chi connectivity index (χ0) is 30.7. The summed E-state index contributed by atoms with van der Waals surface area (Å²) in [6.07, 6.45) is 1.71. The molecule has 1 atom stereocenters. The number of thiazole rings is 1. The fourth-order valence-corrected chi connectivity index (χ4v) is 6.21. The van der Waals surface area contributed by atoms with Crippen molar-refractivity contribution in [2.45, 2.75) is 26.5 Å². The Labute approximate surface area is 262 Å². The number of hydrogen-bond acceptors (Lipinski definition) is 8. The van der Waals surface area contributed by atoms with Crippen LogP contribution < -0.4 is 29.1 Å². The summed E-state index contributed by atoms with van der Waals surface area (Å²) in [7, 11) is 3.06. The molecule has 5 rings (SSSR count). The van der Waals surface area contributed by atoms with E-state index in [9.17, 15) is 9.59 Å². The molecule has 0 radical (unpaired) electrons. The van der Waals surface area contributed by atoms with E-state index < -0.39 is 12.0 Å². The van der Waals surface area contributed by atoms with Gasteiger partial charge in [-0.3, -0.25) is 9.36 Å². The summed E-state index contributed by atoms with van der Waals surface area (Å²) in [5.74, 6) is 0.944. The standard InChI is InChI=1S/C32H28Cl2N2O6S/c1-5-41-31(38)28-18(2)35-32-36(29(28)19-10-12-25(39-3)26(15-19)40-4)30(37)27(43-32)16-21-14-22(33)11-13-24(21)42-17-20-8-6-7-9-23(20)34/h6-16,29H,5,17H2,1-4H3/b27-16-/t29-/m1/s1. The fraction of sp³-hybridized carbons (Fsp3) is 0.219. The van der Waals surface area contributed by atoms with Gasteiger partial charge in [-0.2, -0.15) is 0 Å². The SMILES string of the molecule is CCOC(=O)C1=C(C)N=c2s/c(=C\c3cc(Cl)ccc3OCc3ccccc3Cl)c(=O)n2[C@@H]1c1ccc(OC)c(OC)c1. The molecule has 0 unspecified atom stereocenters.